The molecular weight excluding hydrogens is 408 g/mol. The van der Waals surface area contributed by atoms with Gasteiger partial charge >= 0.3 is 0 Å². The van der Waals surface area contributed by atoms with Crippen LogP contribution in [0.1, 0.15) is 6.42 Å². The van der Waals surface area contributed by atoms with Crippen molar-refractivity contribution in [1.29, 1.82) is 0 Å². The number of alkyl halides is 5. The van der Waals surface area contributed by atoms with Crippen molar-refractivity contribution >= 4 is 81.2 Å². The van der Waals surface area contributed by atoms with Crippen molar-refractivity contribution in [3.8, 4) is 0 Å². The zero-order valence-electron chi connectivity index (χ0n) is 9.76. The molecule has 0 aromatic carbocycles. The van der Waals surface area contributed by atoms with Gasteiger partial charge in [0.15, 0.2) is 4.33 Å². The van der Waals surface area contributed by atoms with Gasteiger partial charge in [-0.15, -0.1) is 34.8 Å². The second-order valence-electron chi connectivity index (χ2n) is 6.18. The first kappa shape index (κ1) is 15.3. The predicted molar refractivity (Wildman–Crippen MR) is 84.6 cm³/mol. The average molecular weight is 417 g/mol. The van der Waals surface area contributed by atoms with Crippen molar-refractivity contribution in [2.24, 2.45) is 23.7 Å². The Hall–Kier alpha value is 1.73. The maximum Gasteiger partial charge on any atom is 0.166 e. The summed E-state index contributed by atoms with van der Waals surface area (Å²) in [6, 6.07) is 0. The molecule has 112 valence electrons. The number of hydrogen-bond acceptors (Lipinski definition) is 1. The highest BCUT2D eigenvalue weighted by Crippen LogP contribution is 2.82. The summed E-state index contributed by atoms with van der Waals surface area (Å²) in [5.41, 5.74) is 0. The van der Waals surface area contributed by atoms with Gasteiger partial charge in [-0.2, -0.15) is 0 Å². The molecular formula is C12H9Cl7O. The maximum absolute atomic E-state index is 10.3. The van der Waals surface area contributed by atoms with E-state index < -0.39 is 20.2 Å². The van der Waals surface area contributed by atoms with E-state index in [0.717, 1.165) is 6.42 Å². The molecule has 0 saturated heterocycles. The predicted octanol–water partition coefficient (Wildman–Crippen LogP) is 4.68. The summed E-state index contributed by atoms with van der Waals surface area (Å²) in [6.07, 6.45) is 0.0942. The van der Waals surface area contributed by atoms with Gasteiger partial charge in [0, 0.05) is 0 Å². The highest BCUT2D eigenvalue weighted by Gasteiger charge is 2.87. The summed E-state index contributed by atoms with van der Waals surface area (Å²) >= 11 is 45.5. The first-order valence-electron chi connectivity index (χ1n) is 6.25. The van der Waals surface area contributed by atoms with E-state index in [0.29, 0.717) is 0 Å². The quantitative estimate of drug-likeness (QED) is 0.448. The van der Waals surface area contributed by atoms with E-state index in [1.54, 1.807) is 0 Å². The molecule has 3 saturated carbocycles. The number of hydrogen-bond donors (Lipinski definition) is 1. The Kier molecular flexibility index (Phi) is 3.08. The van der Waals surface area contributed by atoms with Crippen LogP contribution in [0.15, 0.2) is 10.1 Å². The number of aliphatic hydroxyl groups excluding tert-OH is 1. The van der Waals surface area contributed by atoms with Crippen LogP contribution >= 0.6 is 81.2 Å². The van der Waals surface area contributed by atoms with E-state index in [2.05, 4.69) is 0 Å². The molecule has 0 spiro atoms. The Labute approximate surface area is 151 Å². The molecule has 0 aliphatic heterocycles. The standard InChI is InChI=1S/C12H9Cl7O/c13-6-2-1-3(7(6)20)5-4(2)10(16)8(14)9(15)11(5,17)12(10,18)19/h2-7,20H,1H2. The van der Waals surface area contributed by atoms with Crippen molar-refractivity contribution in [3.63, 3.8) is 0 Å². The van der Waals surface area contributed by atoms with Crippen LogP contribution in [-0.4, -0.2) is 30.7 Å². The Bertz CT molecular complexity index is 504. The van der Waals surface area contributed by atoms with Crippen molar-refractivity contribution < 1.29 is 5.11 Å². The summed E-state index contributed by atoms with van der Waals surface area (Å²) < 4.78 is -1.52. The second-order valence-corrected chi connectivity index (χ2v) is 9.96. The van der Waals surface area contributed by atoms with E-state index in [9.17, 15) is 5.11 Å². The Morgan fingerprint density at radius 1 is 0.900 bits per heavy atom. The lowest BCUT2D eigenvalue weighted by Gasteiger charge is -2.42. The van der Waals surface area contributed by atoms with Crippen LogP contribution < -0.4 is 0 Å². The summed E-state index contributed by atoms with van der Waals surface area (Å²) in [6.45, 7) is 0. The second kappa shape index (κ2) is 4.03. The highest BCUT2D eigenvalue weighted by molar-refractivity contribution is 6.65. The van der Waals surface area contributed by atoms with Gasteiger partial charge in [0.25, 0.3) is 0 Å². The largest absolute Gasteiger partial charge is 0.391 e. The molecule has 4 aliphatic rings. The molecule has 4 aliphatic carbocycles. The molecule has 8 atom stereocenters. The third kappa shape index (κ3) is 1.21. The molecule has 8 unspecified atom stereocenters. The van der Waals surface area contributed by atoms with E-state index in [-0.39, 0.29) is 39.1 Å². The topological polar surface area (TPSA) is 20.2 Å². The van der Waals surface area contributed by atoms with Gasteiger partial charge in [0.05, 0.1) is 21.5 Å². The smallest absolute Gasteiger partial charge is 0.166 e. The highest BCUT2D eigenvalue weighted by atomic mass is 35.5. The van der Waals surface area contributed by atoms with Crippen LogP contribution in [0, 0.1) is 23.7 Å². The van der Waals surface area contributed by atoms with Crippen molar-refractivity contribution in [3.05, 3.63) is 10.1 Å². The summed E-state index contributed by atoms with van der Waals surface area (Å²) in [7, 11) is 0. The molecule has 0 aromatic rings. The van der Waals surface area contributed by atoms with Crippen molar-refractivity contribution in [2.45, 2.75) is 32.0 Å². The molecule has 4 rings (SSSR count). The van der Waals surface area contributed by atoms with E-state index >= 15 is 0 Å². The van der Waals surface area contributed by atoms with E-state index in [1.165, 1.54) is 0 Å². The normalized spacial score (nSPS) is 62.4. The zero-order chi connectivity index (χ0) is 14.8. The van der Waals surface area contributed by atoms with Crippen LogP contribution in [0.4, 0.5) is 0 Å². The van der Waals surface area contributed by atoms with E-state index in [4.69, 9.17) is 81.2 Å². The van der Waals surface area contributed by atoms with Gasteiger partial charge in [-0.1, -0.05) is 46.4 Å². The molecule has 3 fully saturated rings. The molecule has 0 amide bonds. The fraction of sp³-hybridized carbons (Fsp3) is 0.833. The zero-order valence-corrected chi connectivity index (χ0v) is 15.1. The molecule has 0 radical (unpaired) electrons. The lowest BCUT2D eigenvalue weighted by Crippen LogP contribution is -2.48. The molecule has 8 heteroatoms. The minimum Gasteiger partial charge on any atom is -0.391 e. The Balaban J connectivity index is 1.98. The monoisotopic (exact) mass is 414 g/mol. The lowest BCUT2D eigenvalue weighted by molar-refractivity contribution is 0.0567. The third-order valence-corrected chi connectivity index (χ3v) is 10.6. The van der Waals surface area contributed by atoms with E-state index in [1.807, 2.05) is 0 Å². The number of aliphatic hydroxyl groups is 1. The number of allylic oxidation sites excluding steroid dienone is 2. The third-order valence-electron chi connectivity index (χ3n) is 5.69. The molecule has 0 aromatic heterocycles. The summed E-state index contributed by atoms with van der Waals surface area (Å²) in [4.78, 5) is -2.51. The summed E-state index contributed by atoms with van der Waals surface area (Å²) in [5.74, 6) is -0.527. The van der Waals surface area contributed by atoms with Crippen LogP contribution in [0.3, 0.4) is 0 Å². The first-order chi connectivity index (χ1) is 9.11. The number of rotatable bonds is 0. The average Bonchev–Trinajstić information content (AvgIpc) is 2.97. The maximum atomic E-state index is 10.3. The van der Waals surface area contributed by atoms with Crippen LogP contribution in [-0.2, 0) is 0 Å². The molecule has 1 nitrogen and oxygen atoms in total. The van der Waals surface area contributed by atoms with Crippen LogP contribution in [0.25, 0.3) is 0 Å². The number of fused-ring (bicyclic) bond motifs is 9. The van der Waals surface area contributed by atoms with Gasteiger partial charge < -0.3 is 5.11 Å². The molecule has 4 bridgehead atoms. The number of halogens is 7. The van der Waals surface area contributed by atoms with Crippen molar-refractivity contribution in [1.82, 2.24) is 0 Å². The lowest BCUT2D eigenvalue weighted by atomic mass is 9.71. The molecule has 1 N–H and O–H groups in total. The van der Waals surface area contributed by atoms with Gasteiger partial charge in [-0.3, -0.25) is 0 Å². The fourth-order valence-corrected chi connectivity index (χ4v) is 8.55. The molecule has 20 heavy (non-hydrogen) atoms. The fourth-order valence-electron chi connectivity index (χ4n) is 4.97. The van der Waals surface area contributed by atoms with Gasteiger partial charge in [-0.05, 0) is 30.1 Å². The van der Waals surface area contributed by atoms with Gasteiger partial charge in [0.1, 0.15) is 9.75 Å². The van der Waals surface area contributed by atoms with Gasteiger partial charge in [0.2, 0.25) is 0 Å². The minimum absolute atomic E-state index is 0.0183. The minimum atomic E-state index is -1.52. The summed E-state index contributed by atoms with van der Waals surface area (Å²) in [5, 5.41) is 10.3. The first-order valence-corrected chi connectivity index (χ1v) is 8.96. The van der Waals surface area contributed by atoms with Crippen LogP contribution in [0.2, 0.25) is 0 Å². The van der Waals surface area contributed by atoms with Gasteiger partial charge in [-0.25, -0.2) is 0 Å². The Morgan fingerprint density at radius 2 is 1.35 bits per heavy atom. The Morgan fingerprint density at radius 3 is 1.85 bits per heavy atom. The SMILES string of the molecule is OC1C(Cl)C2CC1C1C2C2(Cl)C(Cl)=C(Cl)C1(Cl)C2(Cl)Cl. The van der Waals surface area contributed by atoms with Crippen LogP contribution in [0.5, 0.6) is 0 Å². The van der Waals surface area contributed by atoms with Crippen molar-refractivity contribution in [2.75, 3.05) is 0 Å². The molecule has 0 heterocycles.